The van der Waals surface area contributed by atoms with Gasteiger partial charge in [0.15, 0.2) is 0 Å². The molecule has 0 spiro atoms. The maximum Gasteiger partial charge on any atom is 0.254 e. The number of likely N-dealkylation sites (tertiary alicyclic amines) is 1. The van der Waals surface area contributed by atoms with Gasteiger partial charge in [0.1, 0.15) is 18.0 Å². The normalized spacial score (nSPS) is 16.2. The van der Waals surface area contributed by atoms with Gasteiger partial charge in [0.05, 0.1) is 17.2 Å². The molecule has 1 aliphatic rings. The van der Waals surface area contributed by atoms with E-state index in [1.807, 2.05) is 25.1 Å². The molecule has 1 saturated heterocycles. The molecule has 7 heteroatoms. The fourth-order valence-corrected chi connectivity index (χ4v) is 4.41. The van der Waals surface area contributed by atoms with Gasteiger partial charge in [-0.1, -0.05) is 25.1 Å². The Morgan fingerprint density at radius 1 is 1.12 bits per heavy atom. The standard InChI is InChI=1S/C25H22F2N4O/c1-17(18-12-19(26)14-20(27)13-18)25(15-28)7-10-31(11-8-25)24(32)22-5-3-2-4-21(22)23-6-9-29-16-30-23/h2-6,9,12-14,16-17H,7-8,10-11H2,1H3/t17-/m0/s1. The third kappa shape index (κ3) is 4.09. The first-order valence-electron chi connectivity index (χ1n) is 10.5. The Hall–Kier alpha value is -3.66. The van der Waals surface area contributed by atoms with Gasteiger partial charge in [-0.05, 0) is 42.7 Å². The number of carbonyl (C=O) groups is 1. The fraction of sp³-hybridized carbons (Fsp3) is 0.280. The van der Waals surface area contributed by atoms with E-state index in [2.05, 4.69) is 16.0 Å². The summed E-state index contributed by atoms with van der Waals surface area (Å²) < 4.78 is 27.5. The number of hydrogen-bond donors (Lipinski definition) is 0. The summed E-state index contributed by atoms with van der Waals surface area (Å²) in [5.41, 5.74) is 1.58. The van der Waals surface area contributed by atoms with Crippen LogP contribution in [0.5, 0.6) is 0 Å². The number of nitriles is 1. The van der Waals surface area contributed by atoms with Crippen LogP contribution in [0.1, 0.15) is 41.6 Å². The number of amides is 1. The summed E-state index contributed by atoms with van der Waals surface area (Å²) in [5, 5.41) is 9.99. The van der Waals surface area contributed by atoms with Crippen molar-refractivity contribution in [1.29, 1.82) is 5.26 Å². The lowest BCUT2D eigenvalue weighted by molar-refractivity contribution is 0.0624. The van der Waals surface area contributed by atoms with Gasteiger partial charge in [-0.2, -0.15) is 5.26 Å². The van der Waals surface area contributed by atoms with Crippen LogP contribution in [0.4, 0.5) is 8.78 Å². The van der Waals surface area contributed by atoms with Crippen molar-refractivity contribution in [2.24, 2.45) is 5.41 Å². The zero-order valence-corrected chi connectivity index (χ0v) is 17.6. The van der Waals surface area contributed by atoms with Crippen molar-refractivity contribution in [1.82, 2.24) is 14.9 Å². The highest BCUT2D eigenvalue weighted by molar-refractivity contribution is 6.00. The van der Waals surface area contributed by atoms with Crippen molar-refractivity contribution in [3.8, 4) is 17.3 Å². The lowest BCUT2D eigenvalue weighted by atomic mass is 9.68. The van der Waals surface area contributed by atoms with Gasteiger partial charge < -0.3 is 4.90 Å². The second kappa shape index (κ2) is 8.83. The highest BCUT2D eigenvalue weighted by Gasteiger charge is 2.42. The number of aromatic nitrogens is 2. The SMILES string of the molecule is C[C@@H](c1cc(F)cc(F)c1)C1(C#N)CCN(C(=O)c2ccccc2-c2ccncn2)CC1. The third-order valence-corrected chi connectivity index (χ3v) is 6.39. The van der Waals surface area contributed by atoms with Gasteiger partial charge in [0.2, 0.25) is 0 Å². The molecule has 1 aliphatic heterocycles. The van der Waals surface area contributed by atoms with Crippen molar-refractivity contribution in [3.05, 3.63) is 83.8 Å². The van der Waals surface area contributed by atoms with Gasteiger partial charge in [-0.25, -0.2) is 18.7 Å². The molecule has 0 saturated carbocycles. The molecule has 4 rings (SSSR count). The van der Waals surface area contributed by atoms with Gasteiger partial charge in [-0.15, -0.1) is 0 Å². The van der Waals surface area contributed by atoms with E-state index in [1.54, 1.807) is 23.2 Å². The van der Waals surface area contributed by atoms with E-state index in [4.69, 9.17) is 0 Å². The third-order valence-electron chi connectivity index (χ3n) is 6.39. The second-order valence-electron chi connectivity index (χ2n) is 8.12. The van der Waals surface area contributed by atoms with Crippen LogP contribution in [0.3, 0.4) is 0 Å². The van der Waals surface area contributed by atoms with E-state index in [1.165, 1.54) is 18.5 Å². The van der Waals surface area contributed by atoms with Crippen molar-refractivity contribution < 1.29 is 13.6 Å². The molecule has 32 heavy (non-hydrogen) atoms. The van der Waals surface area contributed by atoms with Crippen molar-refractivity contribution >= 4 is 5.91 Å². The number of carbonyl (C=O) groups excluding carboxylic acids is 1. The van der Waals surface area contributed by atoms with E-state index in [0.29, 0.717) is 42.8 Å². The van der Waals surface area contributed by atoms with Crippen LogP contribution < -0.4 is 0 Å². The summed E-state index contributed by atoms with van der Waals surface area (Å²) in [4.78, 5) is 23.2. The molecule has 0 aliphatic carbocycles. The van der Waals surface area contributed by atoms with E-state index in [0.717, 1.165) is 11.6 Å². The molecule has 0 N–H and O–H groups in total. The predicted octanol–water partition coefficient (Wildman–Crippen LogP) is 4.97. The first kappa shape index (κ1) is 21.6. The maximum absolute atomic E-state index is 13.7. The Labute approximate surface area is 185 Å². The zero-order chi connectivity index (χ0) is 22.7. The zero-order valence-electron chi connectivity index (χ0n) is 17.6. The predicted molar refractivity (Wildman–Crippen MR) is 115 cm³/mol. The number of nitrogens with zero attached hydrogens (tertiary/aromatic N) is 4. The quantitative estimate of drug-likeness (QED) is 0.584. The summed E-state index contributed by atoms with van der Waals surface area (Å²) in [7, 11) is 0. The Kier molecular flexibility index (Phi) is 5.95. The van der Waals surface area contributed by atoms with Crippen LogP contribution in [0.15, 0.2) is 61.1 Å². The Morgan fingerprint density at radius 2 is 1.81 bits per heavy atom. The summed E-state index contributed by atoms with van der Waals surface area (Å²) in [6.07, 6.45) is 3.91. The molecule has 1 atom stereocenters. The minimum Gasteiger partial charge on any atom is -0.339 e. The molecule has 2 heterocycles. The summed E-state index contributed by atoms with van der Waals surface area (Å²) in [6, 6.07) is 14.8. The van der Waals surface area contributed by atoms with Crippen LogP contribution in [-0.2, 0) is 0 Å². The van der Waals surface area contributed by atoms with Crippen molar-refractivity contribution in [2.75, 3.05) is 13.1 Å². The largest absolute Gasteiger partial charge is 0.339 e. The minimum atomic E-state index is -0.802. The monoisotopic (exact) mass is 432 g/mol. The topological polar surface area (TPSA) is 69.9 Å². The highest BCUT2D eigenvalue weighted by atomic mass is 19.1. The number of rotatable bonds is 4. The molecular formula is C25H22F2N4O. The van der Waals surface area contributed by atoms with Crippen molar-refractivity contribution in [2.45, 2.75) is 25.7 Å². The molecule has 0 bridgehead atoms. The Morgan fingerprint density at radius 3 is 2.44 bits per heavy atom. The lowest BCUT2D eigenvalue weighted by Crippen LogP contribution is -2.44. The summed E-state index contributed by atoms with van der Waals surface area (Å²) in [5.74, 6) is -1.82. The Balaban J connectivity index is 1.55. The summed E-state index contributed by atoms with van der Waals surface area (Å²) >= 11 is 0. The van der Waals surface area contributed by atoms with Crippen molar-refractivity contribution in [3.63, 3.8) is 0 Å². The molecule has 0 unspecified atom stereocenters. The molecule has 3 aromatic rings. The van der Waals surface area contributed by atoms with Crippen LogP contribution in [0.25, 0.3) is 11.3 Å². The van der Waals surface area contributed by atoms with E-state index in [-0.39, 0.29) is 11.8 Å². The van der Waals surface area contributed by atoms with Crippen LogP contribution >= 0.6 is 0 Å². The molecule has 2 aromatic carbocycles. The lowest BCUT2D eigenvalue weighted by Gasteiger charge is -2.41. The average Bonchev–Trinajstić information content (AvgIpc) is 2.83. The number of benzene rings is 2. The first-order chi connectivity index (χ1) is 15.4. The average molecular weight is 432 g/mol. The highest BCUT2D eigenvalue weighted by Crippen LogP contribution is 2.44. The molecule has 162 valence electrons. The first-order valence-corrected chi connectivity index (χ1v) is 10.5. The minimum absolute atomic E-state index is 0.129. The van der Waals surface area contributed by atoms with Gasteiger partial charge in [0.25, 0.3) is 5.91 Å². The van der Waals surface area contributed by atoms with E-state index < -0.39 is 17.0 Å². The molecular weight excluding hydrogens is 410 g/mol. The molecule has 0 radical (unpaired) electrons. The summed E-state index contributed by atoms with van der Waals surface area (Å²) in [6.45, 7) is 2.58. The number of hydrogen-bond acceptors (Lipinski definition) is 4. The second-order valence-corrected chi connectivity index (χ2v) is 8.12. The van der Waals surface area contributed by atoms with Gasteiger partial charge in [0, 0.05) is 42.4 Å². The van der Waals surface area contributed by atoms with Gasteiger partial charge >= 0.3 is 0 Å². The van der Waals surface area contributed by atoms with Crippen LogP contribution in [-0.4, -0.2) is 33.9 Å². The van der Waals surface area contributed by atoms with E-state index >= 15 is 0 Å². The van der Waals surface area contributed by atoms with Crippen LogP contribution in [0.2, 0.25) is 0 Å². The maximum atomic E-state index is 13.7. The number of halogens is 2. The fourth-order valence-electron chi connectivity index (χ4n) is 4.41. The molecule has 1 amide bonds. The Bertz CT molecular complexity index is 1150. The molecule has 1 fully saturated rings. The van der Waals surface area contributed by atoms with Crippen LogP contribution in [0, 0.1) is 28.4 Å². The smallest absolute Gasteiger partial charge is 0.254 e. The van der Waals surface area contributed by atoms with E-state index in [9.17, 15) is 18.8 Å². The number of piperidine rings is 1. The van der Waals surface area contributed by atoms with Gasteiger partial charge in [-0.3, -0.25) is 4.79 Å². The molecule has 5 nitrogen and oxygen atoms in total. The molecule has 1 aromatic heterocycles.